The molecule has 1 fully saturated rings. The van der Waals surface area contributed by atoms with Gasteiger partial charge in [0, 0.05) is 29.9 Å². The molecule has 1 aliphatic heterocycles. The van der Waals surface area contributed by atoms with Gasteiger partial charge in [-0.1, -0.05) is 38.1 Å². The van der Waals surface area contributed by atoms with Crippen molar-refractivity contribution < 1.29 is 13.9 Å². The zero-order valence-electron chi connectivity index (χ0n) is 22.5. The van der Waals surface area contributed by atoms with Crippen LogP contribution in [0, 0.1) is 22.6 Å². The molecule has 1 saturated heterocycles. The van der Waals surface area contributed by atoms with Crippen molar-refractivity contribution in [3.05, 3.63) is 83.7 Å². The zero-order chi connectivity index (χ0) is 26.7. The predicted octanol–water partition coefficient (Wildman–Crippen LogP) is 8.17. The first kappa shape index (κ1) is 25.9. The van der Waals surface area contributed by atoms with Gasteiger partial charge in [0.2, 0.25) is 0 Å². The molecule has 0 aromatic heterocycles. The maximum atomic E-state index is 15.0. The summed E-state index contributed by atoms with van der Waals surface area (Å²) in [5.74, 6) is 1.17. The van der Waals surface area contributed by atoms with Crippen molar-refractivity contribution >= 4 is 11.3 Å². The van der Waals surface area contributed by atoms with Crippen LogP contribution < -0.4 is 14.4 Å². The van der Waals surface area contributed by atoms with E-state index in [1.54, 1.807) is 19.2 Å². The van der Waals surface area contributed by atoms with Crippen LogP contribution in [0.3, 0.4) is 0 Å². The Morgan fingerprint density at radius 1 is 1.03 bits per heavy atom. The number of methoxy groups -OCH3 is 1. The molecule has 38 heavy (non-hydrogen) atoms. The van der Waals surface area contributed by atoms with Gasteiger partial charge in [0.15, 0.2) is 0 Å². The first-order valence-corrected chi connectivity index (χ1v) is 13.4. The fourth-order valence-corrected chi connectivity index (χ4v) is 5.85. The molecule has 0 spiro atoms. The Balaban J connectivity index is 1.43. The number of nitriles is 1. The fraction of sp³-hybridized carbons (Fsp3) is 0.364. The Morgan fingerprint density at radius 2 is 1.89 bits per heavy atom. The summed E-state index contributed by atoms with van der Waals surface area (Å²) in [7, 11) is 1.60. The molecule has 0 radical (unpaired) electrons. The molecule has 0 amide bonds. The monoisotopic (exact) mass is 510 g/mol. The number of halogens is 1. The van der Waals surface area contributed by atoms with E-state index in [4.69, 9.17) is 9.47 Å². The van der Waals surface area contributed by atoms with Crippen LogP contribution in [0.1, 0.15) is 57.1 Å². The minimum Gasteiger partial charge on any atom is -0.497 e. The molecule has 0 unspecified atom stereocenters. The van der Waals surface area contributed by atoms with E-state index < -0.39 is 0 Å². The van der Waals surface area contributed by atoms with Crippen molar-refractivity contribution in [2.45, 2.75) is 58.6 Å². The van der Waals surface area contributed by atoms with Crippen LogP contribution in [0.5, 0.6) is 11.5 Å². The molecular formula is C33H35FN2O2. The number of hydrogen-bond donors (Lipinski definition) is 0. The first-order chi connectivity index (χ1) is 18.4. The Morgan fingerprint density at radius 3 is 2.66 bits per heavy atom. The smallest absolute Gasteiger partial charge is 0.131 e. The molecular weight excluding hydrogens is 475 g/mol. The second-order valence-electron chi connectivity index (χ2n) is 10.9. The third-order valence-corrected chi connectivity index (χ3v) is 7.94. The quantitative estimate of drug-likeness (QED) is 0.307. The molecule has 3 aromatic carbocycles. The van der Waals surface area contributed by atoms with Gasteiger partial charge in [-0.15, -0.1) is 0 Å². The lowest BCUT2D eigenvalue weighted by atomic mass is 9.79. The summed E-state index contributed by atoms with van der Waals surface area (Å²) in [5.41, 5.74) is 5.84. The molecule has 5 rings (SSSR count). The molecule has 5 heteroatoms. The lowest BCUT2D eigenvalue weighted by Gasteiger charge is -2.26. The highest BCUT2D eigenvalue weighted by molar-refractivity contribution is 5.85. The summed E-state index contributed by atoms with van der Waals surface area (Å²) >= 11 is 0. The summed E-state index contributed by atoms with van der Waals surface area (Å²) in [6.07, 6.45) is 7.07. The number of allylic oxidation sites excluding steroid dienone is 2. The van der Waals surface area contributed by atoms with E-state index in [-0.39, 0.29) is 17.3 Å². The molecule has 0 N–H and O–H groups in total. The highest BCUT2D eigenvalue weighted by Gasteiger charge is 2.30. The van der Waals surface area contributed by atoms with Crippen LogP contribution >= 0.6 is 0 Å². The molecule has 2 aliphatic rings. The van der Waals surface area contributed by atoms with E-state index in [1.165, 1.54) is 11.6 Å². The minimum atomic E-state index is -0.263. The number of anilines is 1. The van der Waals surface area contributed by atoms with E-state index in [9.17, 15) is 5.26 Å². The highest BCUT2D eigenvalue weighted by atomic mass is 19.1. The van der Waals surface area contributed by atoms with Gasteiger partial charge >= 0.3 is 0 Å². The third-order valence-electron chi connectivity index (χ3n) is 7.94. The van der Waals surface area contributed by atoms with Gasteiger partial charge in [-0.2, -0.15) is 5.26 Å². The fourth-order valence-electron chi connectivity index (χ4n) is 5.85. The molecule has 196 valence electrons. The standard InChI is InChI=1S/C33H35FN2O2/c1-33(2)16-5-10-31(33)29-19-23(11-13-28(29)30-21-26(37-3)12-14-32(30)34)22-38-27-9-4-7-25(20-27)36-18-6-8-24(36)15-17-35/h4,7,9-14,19-21,24H,5-6,8,15-16,18,22H2,1-3H3/t24-/m0/s1. The van der Waals surface area contributed by atoms with Crippen LogP contribution in [0.15, 0.2) is 66.7 Å². The average molecular weight is 511 g/mol. The van der Waals surface area contributed by atoms with E-state index in [1.807, 2.05) is 24.3 Å². The average Bonchev–Trinajstić information content (AvgIpc) is 3.53. The summed E-state index contributed by atoms with van der Waals surface area (Å²) < 4.78 is 26.7. The number of ether oxygens (including phenoxy) is 2. The van der Waals surface area contributed by atoms with E-state index in [0.29, 0.717) is 24.3 Å². The lowest BCUT2D eigenvalue weighted by Crippen LogP contribution is -2.28. The SMILES string of the molecule is COc1ccc(F)c(-c2ccc(COc3cccc(N4CCC[C@H]4CC#N)c3)cc2C2=CCCC2(C)C)c1. The van der Waals surface area contributed by atoms with E-state index in [2.05, 4.69) is 49.1 Å². The largest absolute Gasteiger partial charge is 0.497 e. The summed E-state index contributed by atoms with van der Waals surface area (Å²) in [6.45, 7) is 5.88. The van der Waals surface area contributed by atoms with Crippen molar-refractivity contribution in [3.8, 4) is 28.7 Å². The van der Waals surface area contributed by atoms with Gasteiger partial charge in [-0.3, -0.25) is 0 Å². The van der Waals surface area contributed by atoms with Crippen molar-refractivity contribution in [1.82, 2.24) is 0 Å². The van der Waals surface area contributed by atoms with Gasteiger partial charge in [-0.05, 0) is 89.8 Å². The van der Waals surface area contributed by atoms with Gasteiger partial charge in [0.1, 0.15) is 23.9 Å². The van der Waals surface area contributed by atoms with Crippen molar-refractivity contribution in [2.24, 2.45) is 5.41 Å². The van der Waals surface area contributed by atoms with Gasteiger partial charge in [0.25, 0.3) is 0 Å². The van der Waals surface area contributed by atoms with Crippen LogP contribution in [0.4, 0.5) is 10.1 Å². The Bertz CT molecular complexity index is 1390. The molecule has 1 atom stereocenters. The topological polar surface area (TPSA) is 45.5 Å². The normalized spacial score (nSPS) is 18.2. The Kier molecular flexibility index (Phi) is 7.42. The Hall–Kier alpha value is -3.78. The van der Waals surface area contributed by atoms with E-state index >= 15 is 4.39 Å². The van der Waals surface area contributed by atoms with Crippen LogP contribution in [-0.2, 0) is 6.61 Å². The van der Waals surface area contributed by atoms with Crippen LogP contribution in [0.2, 0.25) is 0 Å². The van der Waals surface area contributed by atoms with Gasteiger partial charge < -0.3 is 14.4 Å². The summed E-state index contributed by atoms with van der Waals surface area (Å²) in [5, 5.41) is 9.19. The van der Waals surface area contributed by atoms with Crippen LogP contribution in [-0.4, -0.2) is 19.7 Å². The number of benzene rings is 3. The molecule has 0 saturated carbocycles. The first-order valence-electron chi connectivity index (χ1n) is 13.4. The second-order valence-corrected chi connectivity index (χ2v) is 10.9. The predicted molar refractivity (Wildman–Crippen MR) is 151 cm³/mol. The van der Waals surface area contributed by atoms with Crippen molar-refractivity contribution in [3.63, 3.8) is 0 Å². The van der Waals surface area contributed by atoms with Crippen molar-refractivity contribution in [2.75, 3.05) is 18.6 Å². The van der Waals surface area contributed by atoms with Crippen LogP contribution in [0.25, 0.3) is 16.7 Å². The summed E-state index contributed by atoms with van der Waals surface area (Å²) in [4.78, 5) is 2.32. The third kappa shape index (κ3) is 5.27. The minimum absolute atomic E-state index is 0.00754. The highest BCUT2D eigenvalue weighted by Crippen LogP contribution is 2.47. The molecule has 0 bridgehead atoms. The number of hydrogen-bond acceptors (Lipinski definition) is 4. The molecule has 1 aliphatic carbocycles. The number of nitrogens with zero attached hydrogens (tertiary/aromatic N) is 2. The van der Waals surface area contributed by atoms with Gasteiger partial charge in [0.05, 0.1) is 19.6 Å². The van der Waals surface area contributed by atoms with Gasteiger partial charge in [-0.25, -0.2) is 4.39 Å². The second kappa shape index (κ2) is 10.9. The van der Waals surface area contributed by atoms with E-state index in [0.717, 1.165) is 60.4 Å². The maximum absolute atomic E-state index is 15.0. The van der Waals surface area contributed by atoms with Crippen molar-refractivity contribution in [1.29, 1.82) is 5.26 Å². The maximum Gasteiger partial charge on any atom is 0.131 e. The Labute approximate surface area is 225 Å². The molecule has 4 nitrogen and oxygen atoms in total. The molecule has 1 heterocycles. The lowest BCUT2D eigenvalue weighted by molar-refractivity contribution is 0.306. The number of rotatable bonds is 8. The molecule has 3 aromatic rings. The zero-order valence-corrected chi connectivity index (χ0v) is 22.5. The summed E-state index contributed by atoms with van der Waals surface area (Å²) in [6, 6.07) is 21.8.